The Balaban J connectivity index is 1.99. The van der Waals surface area contributed by atoms with Gasteiger partial charge in [0, 0.05) is 18.7 Å². The third-order valence-corrected chi connectivity index (χ3v) is 3.96. The Morgan fingerprint density at radius 2 is 1.58 bits per heavy atom. The van der Waals surface area contributed by atoms with Gasteiger partial charge in [0.15, 0.2) is 0 Å². The van der Waals surface area contributed by atoms with E-state index in [2.05, 4.69) is 36.2 Å². The van der Waals surface area contributed by atoms with E-state index in [0.717, 1.165) is 25.3 Å². The molecule has 0 unspecified atom stereocenters. The van der Waals surface area contributed by atoms with Crippen molar-refractivity contribution in [1.29, 1.82) is 0 Å². The van der Waals surface area contributed by atoms with Crippen molar-refractivity contribution in [3.05, 3.63) is 66.2 Å². The molecule has 1 N–H and O–H groups in total. The number of carbonyl (C=O) groups excluding carboxylic acids is 1. The fourth-order valence-electron chi connectivity index (χ4n) is 2.61. The molecule has 24 heavy (non-hydrogen) atoms. The molecule has 0 spiro atoms. The molecule has 4 nitrogen and oxygen atoms in total. The standard InChI is InChI=1S/C20H26N2O2/c1-3-22(4-2)16-19(15-17-11-7-5-8-12-17)24-20(23)21-18-13-9-6-10-14-18/h5-14,19H,3-4,15-16H2,1-2H3,(H,21,23)/t19-/m0/s1. The van der Waals surface area contributed by atoms with Gasteiger partial charge in [-0.05, 0) is 30.8 Å². The number of nitrogens with zero attached hydrogens (tertiary/aromatic N) is 1. The minimum Gasteiger partial charge on any atom is -0.444 e. The van der Waals surface area contributed by atoms with Crippen LogP contribution in [0.15, 0.2) is 60.7 Å². The summed E-state index contributed by atoms with van der Waals surface area (Å²) in [7, 11) is 0. The number of amides is 1. The number of benzene rings is 2. The lowest BCUT2D eigenvalue weighted by atomic mass is 10.1. The summed E-state index contributed by atoms with van der Waals surface area (Å²) in [5, 5.41) is 2.79. The fraction of sp³-hybridized carbons (Fsp3) is 0.350. The third kappa shape index (κ3) is 6.05. The lowest BCUT2D eigenvalue weighted by Crippen LogP contribution is -2.37. The number of nitrogens with one attached hydrogen (secondary N) is 1. The molecular weight excluding hydrogens is 300 g/mol. The van der Waals surface area contributed by atoms with Crippen LogP contribution in [0.1, 0.15) is 19.4 Å². The zero-order chi connectivity index (χ0) is 17.2. The molecule has 1 amide bonds. The van der Waals surface area contributed by atoms with Crippen LogP contribution in [0.5, 0.6) is 0 Å². The van der Waals surface area contributed by atoms with Gasteiger partial charge in [0.1, 0.15) is 6.10 Å². The van der Waals surface area contributed by atoms with Crippen molar-refractivity contribution >= 4 is 11.8 Å². The van der Waals surface area contributed by atoms with Gasteiger partial charge in [0.25, 0.3) is 0 Å². The number of hydrogen-bond donors (Lipinski definition) is 1. The number of hydrogen-bond acceptors (Lipinski definition) is 3. The predicted molar refractivity (Wildman–Crippen MR) is 98.3 cm³/mol. The van der Waals surface area contributed by atoms with Crippen molar-refractivity contribution < 1.29 is 9.53 Å². The fourth-order valence-corrected chi connectivity index (χ4v) is 2.61. The van der Waals surface area contributed by atoms with E-state index in [1.807, 2.05) is 48.5 Å². The van der Waals surface area contributed by atoms with Crippen LogP contribution >= 0.6 is 0 Å². The first kappa shape index (κ1) is 18.0. The van der Waals surface area contributed by atoms with Crippen molar-refractivity contribution in [3.8, 4) is 0 Å². The van der Waals surface area contributed by atoms with E-state index < -0.39 is 6.09 Å². The molecule has 0 saturated carbocycles. The Hall–Kier alpha value is -2.33. The first-order valence-corrected chi connectivity index (χ1v) is 8.50. The summed E-state index contributed by atoms with van der Waals surface area (Å²) in [5.74, 6) is 0. The maximum absolute atomic E-state index is 12.2. The monoisotopic (exact) mass is 326 g/mol. The molecule has 0 saturated heterocycles. The molecule has 2 rings (SSSR count). The van der Waals surface area contributed by atoms with Gasteiger partial charge in [-0.1, -0.05) is 62.4 Å². The van der Waals surface area contributed by atoms with Gasteiger partial charge < -0.3 is 9.64 Å². The molecular formula is C20H26N2O2. The SMILES string of the molecule is CCN(CC)C[C@H](Cc1ccccc1)OC(=O)Nc1ccccc1. The van der Waals surface area contributed by atoms with Crippen LogP contribution in [0.25, 0.3) is 0 Å². The number of likely N-dealkylation sites (N-methyl/N-ethyl adjacent to an activating group) is 1. The van der Waals surface area contributed by atoms with E-state index in [0.29, 0.717) is 6.42 Å². The van der Waals surface area contributed by atoms with E-state index in [1.54, 1.807) is 0 Å². The molecule has 2 aromatic rings. The highest BCUT2D eigenvalue weighted by atomic mass is 16.6. The van der Waals surface area contributed by atoms with E-state index >= 15 is 0 Å². The van der Waals surface area contributed by atoms with Crippen LogP contribution in [0.3, 0.4) is 0 Å². The van der Waals surface area contributed by atoms with Crippen LogP contribution in [-0.2, 0) is 11.2 Å². The molecule has 0 bridgehead atoms. The molecule has 0 fully saturated rings. The van der Waals surface area contributed by atoms with Crippen molar-refractivity contribution in [2.24, 2.45) is 0 Å². The Morgan fingerprint density at radius 3 is 2.17 bits per heavy atom. The lowest BCUT2D eigenvalue weighted by molar-refractivity contribution is 0.0825. The van der Waals surface area contributed by atoms with Crippen molar-refractivity contribution in [3.63, 3.8) is 0 Å². The molecule has 128 valence electrons. The highest BCUT2D eigenvalue weighted by Crippen LogP contribution is 2.11. The van der Waals surface area contributed by atoms with Gasteiger partial charge in [-0.3, -0.25) is 5.32 Å². The normalized spacial score (nSPS) is 12.0. The largest absolute Gasteiger partial charge is 0.444 e. The maximum atomic E-state index is 12.2. The Labute approximate surface area is 144 Å². The second kappa shape index (κ2) is 9.73. The van der Waals surface area contributed by atoms with Crippen molar-refractivity contribution in [1.82, 2.24) is 4.90 Å². The number of para-hydroxylation sites is 1. The average Bonchev–Trinajstić information content (AvgIpc) is 2.61. The van der Waals surface area contributed by atoms with Gasteiger partial charge >= 0.3 is 6.09 Å². The van der Waals surface area contributed by atoms with E-state index in [4.69, 9.17) is 4.74 Å². The van der Waals surface area contributed by atoms with E-state index in [9.17, 15) is 4.79 Å². The van der Waals surface area contributed by atoms with Crippen LogP contribution in [0.2, 0.25) is 0 Å². The zero-order valence-corrected chi connectivity index (χ0v) is 14.4. The number of carbonyl (C=O) groups is 1. The second-order valence-corrected chi connectivity index (χ2v) is 5.69. The predicted octanol–water partition coefficient (Wildman–Crippen LogP) is 4.19. The van der Waals surface area contributed by atoms with Gasteiger partial charge in [-0.25, -0.2) is 4.79 Å². The number of ether oxygens (including phenoxy) is 1. The summed E-state index contributed by atoms with van der Waals surface area (Å²) < 4.78 is 5.70. The molecule has 1 atom stereocenters. The molecule has 0 aliphatic heterocycles. The van der Waals surface area contributed by atoms with Gasteiger partial charge in [0.2, 0.25) is 0 Å². The number of rotatable bonds is 8. The van der Waals surface area contributed by atoms with Gasteiger partial charge in [-0.2, -0.15) is 0 Å². The molecule has 0 heterocycles. The third-order valence-electron chi connectivity index (χ3n) is 3.96. The first-order valence-electron chi connectivity index (χ1n) is 8.50. The molecule has 0 aromatic heterocycles. The summed E-state index contributed by atoms with van der Waals surface area (Å²) in [6, 6.07) is 19.5. The summed E-state index contributed by atoms with van der Waals surface area (Å²) in [6.45, 7) is 6.83. The lowest BCUT2D eigenvalue weighted by Gasteiger charge is -2.25. The number of anilines is 1. The smallest absolute Gasteiger partial charge is 0.411 e. The van der Waals surface area contributed by atoms with Crippen LogP contribution in [-0.4, -0.2) is 36.7 Å². The molecule has 4 heteroatoms. The Kier molecular flexibility index (Phi) is 7.30. The topological polar surface area (TPSA) is 41.6 Å². The summed E-state index contributed by atoms with van der Waals surface area (Å²) >= 11 is 0. The quantitative estimate of drug-likeness (QED) is 0.791. The summed E-state index contributed by atoms with van der Waals surface area (Å²) in [5.41, 5.74) is 1.91. The minimum atomic E-state index is -0.408. The minimum absolute atomic E-state index is 0.184. The van der Waals surface area contributed by atoms with Crippen molar-refractivity contribution in [2.75, 3.05) is 25.0 Å². The second-order valence-electron chi connectivity index (χ2n) is 5.69. The maximum Gasteiger partial charge on any atom is 0.411 e. The van der Waals surface area contributed by atoms with Gasteiger partial charge in [0.05, 0.1) is 0 Å². The highest BCUT2D eigenvalue weighted by Gasteiger charge is 2.18. The van der Waals surface area contributed by atoms with Crippen LogP contribution in [0, 0.1) is 0 Å². The molecule has 2 aromatic carbocycles. The zero-order valence-electron chi connectivity index (χ0n) is 14.4. The molecule has 0 aliphatic rings. The van der Waals surface area contributed by atoms with E-state index in [-0.39, 0.29) is 6.10 Å². The Bertz CT molecular complexity index is 598. The summed E-state index contributed by atoms with van der Waals surface area (Å²) in [6.07, 6.45) is 0.116. The Morgan fingerprint density at radius 1 is 1.00 bits per heavy atom. The summed E-state index contributed by atoms with van der Waals surface area (Å²) in [4.78, 5) is 14.5. The van der Waals surface area contributed by atoms with Crippen molar-refractivity contribution in [2.45, 2.75) is 26.4 Å². The highest BCUT2D eigenvalue weighted by molar-refractivity contribution is 5.84. The average molecular weight is 326 g/mol. The van der Waals surface area contributed by atoms with Crippen LogP contribution in [0.4, 0.5) is 10.5 Å². The van der Waals surface area contributed by atoms with E-state index in [1.165, 1.54) is 5.56 Å². The van der Waals surface area contributed by atoms with Crippen LogP contribution < -0.4 is 5.32 Å². The molecule has 0 aliphatic carbocycles. The van der Waals surface area contributed by atoms with Gasteiger partial charge in [-0.15, -0.1) is 0 Å². The molecule has 0 radical (unpaired) electrons. The first-order chi connectivity index (χ1) is 11.7.